The van der Waals surface area contributed by atoms with E-state index in [1.54, 1.807) is 0 Å². The van der Waals surface area contributed by atoms with E-state index in [2.05, 4.69) is 21.5 Å². The van der Waals surface area contributed by atoms with Gasteiger partial charge in [0, 0.05) is 12.3 Å². The lowest BCUT2D eigenvalue weighted by Gasteiger charge is -2.11. The first-order chi connectivity index (χ1) is 13.6. The van der Waals surface area contributed by atoms with Crippen LogP contribution in [-0.2, 0) is 11.2 Å². The van der Waals surface area contributed by atoms with Crippen LogP contribution in [0.25, 0.3) is 10.8 Å². The summed E-state index contributed by atoms with van der Waals surface area (Å²) in [7, 11) is 0. The van der Waals surface area contributed by atoms with Crippen molar-refractivity contribution >= 4 is 22.2 Å². The van der Waals surface area contributed by atoms with Crippen molar-refractivity contribution in [2.45, 2.75) is 40.0 Å². The molecule has 28 heavy (non-hydrogen) atoms. The molecule has 6 nitrogen and oxygen atoms in total. The van der Waals surface area contributed by atoms with Crippen molar-refractivity contribution in [2.24, 2.45) is 5.92 Å². The number of rotatable bonds is 7. The fourth-order valence-corrected chi connectivity index (χ4v) is 4.09. The van der Waals surface area contributed by atoms with Crippen LogP contribution >= 0.6 is 11.3 Å². The molecule has 0 radical (unpaired) electrons. The summed E-state index contributed by atoms with van der Waals surface area (Å²) in [6.07, 6.45) is 2.08. The van der Waals surface area contributed by atoms with Gasteiger partial charge in [0.05, 0.1) is 10.4 Å². The van der Waals surface area contributed by atoms with Crippen LogP contribution in [0, 0.1) is 24.2 Å². The first-order valence-electron chi connectivity index (χ1n) is 9.28. The molecule has 1 N–H and O–H groups in total. The molecule has 2 heterocycles. The first-order valence-corrected chi connectivity index (χ1v) is 10.1. The number of benzene rings is 1. The number of nitrogens with zero attached hydrogens (tertiary/aromatic N) is 3. The molecule has 0 bridgehead atoms. The van der Waals surface area contributed by atoms with Gasteiger partial charge < -0.3 is 9.84 Å². The van der Waals surface area contributed by atoms with E-state index < -0.39 is 0 Å². The standard InChI is InChI=1S/C21H22N4O2S/c1-4-15(5-2)19(26)24-21-16(12-22)13(3)18(28-21)20-23-17(25-27-20)11-14-9-7-6-8-10-14/h6-10,15H,4-5,11H2,1-3H3,(H,24,26). The minimum Gasteiger partial charge on any atom is -0.333 e. The van der Waals surface area contributed by atoms with E-state index >= 15 is 0 Å². The predicted molar refractivity (Wildman–Crippen MR) is 109 cm³/mol. The Morgan fingerprint density at radius 3 is 2.64 bits per heavy atom. The normalized spacial score (nSPS) is 10.8. The van der Waals surface area contributed by atoms with Gasteiger partial charge in [-0.3, -0.25) is 4.79 Å². The molecule has 0 spiro atoms. The summed E-state index contributed by atoms with van der Waals surface area (Å²) in [5, 5.41) is 17.1. The molecular weight excluding hydrogens is 372 g/mol. The van der Waals surface area contributed by atoms with Crippen molar-refractivity contribution in [1.82, 2.24) is 10.1 Å². The minimum absolute atomic E-state index is 0.0652. The topological polar surface area (TPSA) is 91.8 Å². The summed E-state index contributed by atoms with van der Waals surface area (Å²) in [5.41, 5.74) is 2.28. The number of amides is 1. The monoisotopic (exact) mass is 394 g/mol. The second kappa shape index (κ2) is 8.81. The maximum Gasteiger partial charge on any atom is 0.268 e. The lowest BCUT2D eigenvalue weighted by molar-refractivity contribution is -0.120. The number of carbonyl (C=O) groups is 1. The maximum absolute atomic E-state index is 12.4. The van der Waals surface area contributed by atoms with E-state index in [4.69, 9.17) is 4.52 Å². The Morgan fingerprint density at radius 2 is 2.00 bits per heavy atom. The Labute approximate surface area is 168 Å². The third-order valence-electron chi connectivity index (χ3n) is 4.72. The van der Waals surface area contributed by atoms with Gasteiger partial charge in [-0.05, 0) is 30.9 Å². The van der Waals surface area contributed by atoms with Gasteiger partial charge in [0.1, 0.15) is 11.1 Å². The quantitative estimate of drug-likeness (QED) is 0.612. The molecule has 2 aromatic heterocycles. The van der Waals surface area contributed by atoms with E-state index in [9.17, 15) is 10.1 Å². The summed E-state index contributed by atoms with van der Waals surface area (Å²) in [5.74, 6) is 0.811. The number of anilines is 1. The number of hydrogen-bond donors (Lipinski definition) is 1. The van der Waals surface area contributed by atoms with Gasteiger partial charge in [0.2, 0.25) is 5.91 Å². The molecule has 0 aliphatic heterocycles. The van der Waals surface area contributed by atoms with Crippen LogP contribution in [0.15, 0.2) is 34.9 Å². The van der Waals surface area contributed by atoms with Crippen LogP contribution < -0.4 is 5.32 Å². The van der Waals surface area contributed by atoms with Crippen LogP contribution in [0.3, 0.4) is 0 Å². The number of thiophene rings is 1. The molecule has 0 aliphatic rings. The largest absolute Gasteiger partial charge is 0.333 e. The Morgan fingerprint density at radius 1 is 1.29 bits per heavy atom. The number of aromatic nitrogens is 2. The highest BCUT2D eigenvalue weighted by Crippen LogP contribution is 2.39. The molecule has 0 fully saturated rings. The van der Waals surface area contributed by atoms with Crippen molar-refractivity contribution in [2.75, 3.05) is 5.32 Å². The number of carbonyl (C=O) groups excluding carboxylic acids is 1. The first kappa shape index (κ1) is 19.8. The Balaban J connectivity index is 1.86. The molecule has 0 unspecified atom stereocenters. The molecule has 7 heteroatoms. The van der Waals surface area contributed by atoms with Gasteiger partial charge in [-0.1, -0.05) is 49.3 Å². The zero-order chi connectivity index (χ0) is 20.1. The highest BCUT2D eigenvalue weighted by atomic mass is 32.1. The van der Waals surface area contributed by atoms with Crippen LogP contribution in [0.5, 0.6) is 0 Å². The second-order valence-electron chi connectivity index (χ2n) is 6.55. The SMILES string of the molecule is CCC(CC)C(=O)Nc1sc(-c2nc(Cc3ccccc3)no2)c(C)c1C#N. The molecule has 0 saturated carbocycles. The smallest absolute Gasteiger partial charge is 0.268 e. The molecular formula is C21H22N4O2S. The van der Waals surface area contributed by atoms with Gasteiger partial charge in [0.25, 0.3) is 5.89 Å². The van der Waals surface area contributed by atoms with Gasteiger partial charge >= 0.3 is 0 Å². The molecule has 3 rings (SSSR count). The third-order valence-corrected chi connectivity index (χ3v) is 5.91. The Bertz CT molecular complexity index is 997. The van der Waals surface area contributed by atoms with Crippen LogP contribution in [-0.4, -0.2) is 16.0 Å². The average molecular weight is 395 g/mol. The van der Waals surface area contributed by atoms with Gasteiger partial charge in [-0.25, -0.2) is 0 Å². The fourth-order valence-electron chi connectivity index (χ4n) is 3.01. The molecule has 144 valence electrons. The molecule has 3 aromatic rings. The van der Waals surface area contributed by atoms with Crippen molar-refractivity contribution in [3.63, 3.8) is 0 Å². The lowest BCUT2D eigenvalue weighted by Crippen LogP contribution is -2.21. The van der Waals surface area contributed by atoms with E-state index in [0.29, 0.717) is 33.6 Å². The summed E-state index contributed by atoms with van der Waals surface area (Å²) >= 11 is 1.30. The third kappa shape index (κ3) is 4.12. The summed E-state index contributed by atoms with van der Waals surface area (Å²) in [6, 6.07) is 12.1. The molecule has 1 amide bonds. The molecule has 0 atom stereocenters. The van der Waals surface area contributed by atoms with E-state index in [-0.39, 0.29) is 11.8 Å². The highest BCUT2D eigenvalue weighted by molar-refractivity contribution is 7.20. The number of nitrogens with one attached hydrogen (secondary N) is 1. The molecule has 0 aliphatic carbocycles. The zero-order valence-electron chi connectivity index (χ0n) is 16.2. The van der Waals surface area contributed by atoms with Crippen molar-refractivity contribution in [3.05, 3.63) is 52.8 Å². The Kier molecular flexibility index (Phi) is 6.22. The summed E-state index contributed by atoms with van der Waals surface area (Å²) in [6.45, 7) is 5.80. The molecule has 0 saturated heterocycles. The van der Waals surface area contributed by atoms with Gasteiger partial charge in [-0.2, -0.15) is 10.2 Å². The summed E-state index contributed by atoms with van der Waals surface area (Å²) in [4.78, 5) is 17.6. The minimum atomic E-state index is -0.0710. The highest BCUT2D eigenvalue weighted by Gasteiger charge is 2.23. The second-order valence-corrected chi connectivity index (χ2v) is 7.57. The van der Waals surface area contributed by atoms with Crippen LogP contribution in [0.2, 0.25) is 0 Å². The maximum atomic E-state index is 12.4. The van der Waals surface area contributed by atoms with Crippen LogP contribution in [0.4, 0.5) is 5.00 Å². The number of hydrogen-bond acceptors (Lipinski definition) is 6. The number of nitriles is 1. The van der Waals surface area contributed by atoms with Gasteiger partial charge in [0.15, 0.2) is 5.82 Å². The van der Waals surface area contributed by atoms with E-state index in [0.717, 1.165) is 24.0 Å². The van der Waals surface area contributed by atoms with Crippen molar-refractivity contribution < 1.29 is 9.32 Å². The predicted octanol–water partition coefficient (Wildman–Crippen LogP) is 4.94. The van der Waals surface area contributed by atoms with E-state index in [1.807, 2.05) is 51.1 Å². The Hall–Kier alpha value is -2.98. The zero-order valence-corrected chi connectivity index (χ0v) is 17.0. The summed E-state index contributed by atoms with van der Waals surface area (Å²) < 4.78 is 5.44. The van der Waals surface area contributed by atoms with E-state index in [1.165, 1.54) is 11.3 Å². The van der Waals surface area contributed by atoms with Crippen molar-refractivity contribution in [1.29, 1.82) is 5.26 Å². The van der Waals surface area contributed by atoms with Gasteiger partial charge in [-0.15, -0.1) is 11.3 Å². The fraction of sp³-hybridized carbons (Fsp3) is 0.333. The van der Waals surface area contributed by atoms with Crippen LogP contribution in [0.1, 0.15) is 49.2 Å². The molecule has 1 aromatic carbocycles. The average Bonchev–Trinajstić information content (AvgIpc) is 3.27. The van der Waals surface area contributed by atoms with Crippen molar-refractivity contribution in [3.8, 4) is 16.8 Å². The lowest BCUT2D eigenvalue weighted by atomic mass is 10.0.